The van der Waals surface area contributed by atoms with Gasteiger partial charge in [-0.05, 0) is 37.5 Å². The monoisotopic (exact) mass is 178 g/mol. The van der Waals surface area contributed by atoms with Gasteiger partial charge in [-0.2, -0.15) is 0 Å². The fourth-order valence-electron chi connectivity index (χ4n) is 1.23. The van der Waals surface area contributed by atoms with Crippen LogP contribution in [0.2, 0.25) is 0 Å². The van der Waals surface area contributed by atoms with Gasteiger partial charge in [0.25, 0.3) is 0 Å². The zero-order valence-electron chi connectivity index (χ0n) is 8.38. The van der Waals surface area contributed by atoms with Crippen molar-refractivity contribution < 1.29 is 0 Å². The molecule has 3 N–H and O–H groups in total. The standard InChI is InChI=1S/C11H18N2/c1-9(12)3-4-10-5-7-11(13-2)8-6-10/h5-9,13H,3-4,12H2,1-2H3. The van der Waals surface area contributed by atoms with Gasteiger partial charge in [0.1, 0.15) is 0 Å². The van der Waals surface area contributed by atoms with E-state index >= 15 is 0 Å². The molecule has 2 heteroatoms. The molecule has 72 valence electrons. The van der Waals surface area contributed by atoms with Crippen molar-refractivity contribution in [3.63, 3.8) is 0 Å². The van der Waals surface area contributed by atoms with Crippen LogP contribution in [0.1, 0.15) is 18.9 Å². The summed E-state index contributed by atoms with van der Waals surface area (Å²) in [4.78, 5) is 0. The number of aryl methyl sites for hydroxylation is 1. The lowest BCUT2D eigenvalue weighted by Gasteiger charge is -2.05. The summed E-state index contributed by atoms with van der Waals surface area (Å²) < 4.78 is 0. The Morgan fingerprint density at radius 1 is 1.31 bits per heavy atom. The van der Waals surface area contributed by atoms with E-state index < -0.39 is 0 Å². The van der Waals surface area contributed by atoms with Crippen molar-refractivity contribution in [1.82, 2.24) is 0 Å². The minimum absolute atomic E-state index is 0.295. The summed E-state index contributed by atoms with van der Waals surface area (Å²) in [5, 5.41) is 3.09. The van der Waals surface area contributed by atoms with E-state index in [4.69, 9.17) is 5.73 Å². The summed E-state index contributed by atoms with van der Waals surface area (Å²) in [6.45, 7) is 2.04. The van der Waals surface area contributed by atoms with E-state index in [1.54, 1.807) is 0 Å². The van der Waals surface area contributed by atoms with Gasteiger partial charge < -0.3 is 11.1 Å². The quantitative estimate of drug-likeness (QED) is 0.740. The SMILES string of the molecule is CNc1ccc(CCC(C)N)cc1. The third-order valence-electron chi connectivity index (χ3n) is 2.13. The number of hydrogen-bond acceptors (Lipinski definition) is 2. The first-order valence-corrected chi connectivity index (χ1v) is 4.74. The number of rotatable bonds is 4. The third-order valence-corrected chi connectivity index (χ3v) is 2.13. The Kier molecular flexibility index (Phi) is 3.77. The van der Waals surface area contributed by atoms with Crippen LogP contribution >= 0.6 is 0 Å². The number of benzene rings is 1. The summed E-state index contributed by atoms with van der Waals surface area (Å²) in [6, 6.07) is 8.78. The molecule has 13 heavy (non-hydrogen) atoms. The van der Waals surface area contributed by atoms with Gasteiger partial charge in [0.05, 0.1) is 0 Å². The van der Waals surface area contributed by atoms with Crippen LogP contribution in [0.15, 0.2) is 24.3 Å². The minimum atomic E-state index is 0.295. The Balaban J connectivity index is 2.49. The molecule has 0 aromatic heterocycles. The lowest BCUT2D eigenvalue weighted by atomic mass is 10.1. The van der Waals surface area contributed by atoms with Crippen molar-refractivity contribution in [3.05, 3.63) is 29.8 Å². The van der Waals surface area contributed by atoms with Crippen molar-refractivity contribution in [2.24, 2.45) is 5.73 Å². The number of nitrogens with two attached hydrogens (primary N) is 1. The summed E-state index contributed by atoms with van der Waals surface area (Å²) in [6.07, 6.45) is 2.13. The van der Waals surface area contributed by atoms with Gasteiger partial charge in [-0.1, -0.05) is 12.1 Å². The average molecular weight is 178 g/mol. The Morgan fingerprint density at radius 2 is 1.92 bits per heavy atom. The van der Waals surface area contributed by atoms with E-state index in [0.717, 1.165) is 18.5 Å². The molecule has 0 radical (unpaired) electrons. The van der Waals surface area contributed by atoms with Crippen molar-refractivity contribution in [1.29, 1.82) is 0 Å². The summed E-state index contributed by atoms with van der Waals surface area (Å²) in [7, 11) is 1.93. The van der Waals surface area contributed by atoms with Gasteiger partial charge in [0.2, 0.25) is 0 Å². The molecular formula is C11H18N2. The first kappa shape index (κ1) is 10.1. The van der Waals surface area contributed by atoms with E-state index in [9.17, 15) is 0 Å². The molecule has 1 atom stereocenters. The molecule has 0 bridgehead atoms. The van der Waals surface area contributed by atoms with Crippen LogP contribution in [0.25, 0.3) is 0 Å². The molecule has 1 aromatic rings. The first-order valence-electron chi connectivity index (χ1n) is 4.74. The summed E-state index contributed by atoms with van der Waals surface area (Å²) in [5.74, 6) is 0. The number of nitrogens with one attached hydrogen (secondary N) is 1. The topological polar surface area (TPSA) is 38.0 Å². The zero-order valence-corrected chi connectivity index (χ0v) is 8.38. The lowest BCUT2D eigenvalue weighted by molar-refractivity contribution is 0.666. The smallest absolute Gasteiger partial charge is 0.0337 e. The van der Waals surface area contributed by atoms with Crippen LogP contribution in [-0.2, 0) is 6.42 Å². The van der Waals surface area contributed by atoms with Crippen molar-refractivity contribution in [2.75, 3.05) is 12.4 Å². The van der Waals surface area contributed by atoms with Crippen LogP contribution in [0.5, 0.6) is 0 Å². The highest BCUT2D eigenvalue weighted by molar-refractivity contribution is 5.43. The van der Waals surface area contributed by atoms with Gasteiger partial charge in [0, 0.05) is 18.8 Å². The van der Waals surface area contributed by atoms with Crippen LogP contribution in [0.4, 0.5) is 5.69 Å². The Labute approximate surface area is 80.1 Å². The van der Waals surface area contributed by atoms with Gasteiger partial charge in [-0.3, -0.25) is 0 Å². The molecule has 0 aliphatic rings. The first-order chi connectivity index (χ1) is 6.22. The predicted octanol–water partition coefficient (Wildman–Crippen LogP) is 2.01. The van der Waals surface area contributed by atoms with Gasteiger partial charge in [0.15, 0.2) is 0 Å². The van der Waals surface area contributed by atoms with Gasteiger partial charge in [-0.15, -0.1) is 0 Å². The maximum Gasteiger partial charge on any atom is 0.0337 e. The second-order valence-electron chi connectivity index (χ2n) is 3.46. The molecule has 0 spiro atoms. The van der Waals surface area contributed by atoms with E-state index in [2.05, 4.69) is 29.6 Å². The molecule has 0 saturated heterocycles. The highest BCUT2D eigenvalue weighted by atomic mass is 14.8. The zero-order chi connectivity index (χ0) is 9.68. The maximum absolute atomic E-state index is 5.68. The molecule has 0 aliphatic heterocycles. The Bertz CT molecular complexity index is 239. The molecule has 0 aliphatic carbocycles. The molecule has 1 aromatic carbocycles. The van der Waals surface area contributed by atoms with Crippen LogP contribution in [0, 0.1) is 0 Å². The maximum atomic E-state index is 5.68. The minimum Gasteiger partial charge on any atom is -0.388 e. The highest BCUT2D eigenvalue weighted by Crippen LogP contribution is 2.10. The van der Waals surface area contributed by atoms with E-state index in [1.165, 1.54) is 5.56 Å². The molecule has 1 unspecified atom stereocenters. The van der Waals surface area contributed by atoms with Crippen LogP contribution in [-0.4, -0.2) is 13.1 Å². The lowest BCUT2D eigenvalue weighted by Crippen LogP contribution is -2.15. The van der Waals surface area contributed by atoms with E-state index in [-0.39, 0.29) is 0 Å². The van der Waals surface area contributed by atoms with Crippen LogP contribution in [0.3, 0.4) is 0 Å². The van der Waals surface area contributed by atoms with Gasteiger partial charge >= 0.3 is 0 Å². The largest absolute Gasteiger partial charge is 0.388 e. The van der Waals surface area contributed by atoms with Crippen molar-refractivity contribution in [2.45, 2.75) is 25.8 Å². The molecule has 2 nitrogen and oxygen atoms in total. The molecule has 0 saturated carbocycles. The summed E-state index contributed by atoms with van der Waals surface area (Å²) in [5.41, 5.74) is 8.20. The van der Waals surface area contributed by atoms with Crippen molar-refractivity contribution >= 4 is 5.69 Å². The van der Waals surface area contributed by atoms with E-state index in [0.29, 0.717) is 6.04 Å². The second kappa shape index (κ2) is 4.87. The molecule has 0 heterocycles. The molecule has 1 rings (SSSR count). The number of hydrogen-bond donors (Lipinski definition) is 2. The fraction of sp³-hybridized carbons (Fsp3) is 0.455. The number of anilines is 1. The van der Waals surface area contributed by atoms with Crippen LogP contribution < -0.4 is 11.1 Å². The highest BCUT2D eigenvalue weighted by Gasteiger charge is 1.96. The Morgan fingerprint density at radius 3 is 2.38 bits per heavy atom. The van der Waals surface area contributed by atoms with Crippen molar-refractivity contribution in [3.8, 4) is 0 Å². The van der Waals surface area contributed by atoms with E-state index in [1.807, 2.05) is 14.0 Å². The second-order valence-corrected chi connectivity index (χ2v) is 3.46. The third kappa shape index (κ3) is 3.47. The predicted molar refractivity (Wildman–Crippen MR) is 58.0 cm³/mol. The molecule has 0 fully saturated rings. The molecule has 0 amide bonds. The average Bonchev–Trinajstić information content (AvgIpc) is 2.15. The normalized spacial score (nSPS) is 12.5. The van der Waals surface area contributed by atoms with Gasteiger partial charge in [-0.25, -0.2) is 0 Å². The Hall–Kier alpha value is -1.02. The fourth-order valence-corrected chi connectivity index (χ4v) is 1.23. The summed E-state index contributed by atoms with van der Waals surface area (Å²) >= 11 is 0. The molecular weight excluding hydrogens is 160 g/mol.